The van der Waals surface area contributed by atoms with Crippen LogP contribution in [-0.4, -0.2) is 20.0 Å². The predicted octanol–water partition coefficient (Wildman–Crippen LogP) is 6.20. The minimum atomic E-state index is -3.95. The number of anilines is 1. The molecule has 0 unspecified atom stereocenters. The van der Waals surface area contributed by atoms with E-state index in [0.717, 1.165) is 5.56 Å². The van der Waals surface area contributed by atoms with Crippen molar-refractivity contribution in [2.75, 3.05) is 4.72 Å². The topological polar surface area (TPSA) is 85.6 Å². The number of carbonyl (C=O) groups excluding carboxylic acids is 1. The van der Waals surface area contributed by atoms with Gasteiger partial charge in [0.2, 0.25) is 0 Å². The van der Waals surface area contributed by atoms with Crippen LogP contribution in [-0.2, 0) is 19.6 Å². The van der Waals surface area contributed by atoms with Crippen molar-refractivity contribution in [3.05, 3.63) is 107 Å². The van der Waals surface area contributed by atoms with E-state index in [2.05, 4.69) is 4.72 Å². The van der Waals surface area contributed by atoms with Crippen LogP contribution in [0.5, 0.6) is 0 Å². The third kappa shape index (κ3) is 4.33. The van der Waals surface area contributed by atoms with Gasteiger partial charge in [-0.15, -0.1) is 0 Å². The molecular weight excluding hydrogens is 486 g/mol. The minimum Gasteiger partial charge on any atom is -0.458 e. The fourth-order valence-corrected chi connectivity index (χ4v) is 5.68. The van der Waals surface area contributed by atoms with Crippen molar-refractivity contribution in [3.63, 3.8) is 0 Å². The number of furan rings is 1. The molecule has 3 aromatic carbocycles. The lowest BCUT2D eigenvalue weighted by atomic mass is 9.81. The molecule has 8 heteroatoms. The van der Waals surface area contributed by atoms with Crippen LogP contribution in [0.1, 0.15) is 29.7 Å². The maximum atomic E-state index is 13.4. The Bertz CT molecular complexity index is 1570. The third-order valence-electron chi connectivity index (χ3n) is 6.08. The molecule has 0 fully saturated rings. The first-order chi connectivity index (χ1) is 16.7. The summed E-state index contributed by atoms with van der Waals surface area (Å²) in [7, 11) is -3.95. The van der Waals surface area contributed by atoms with E-state index in [9.17, 15) is 13.2 Å². The molecule has 4 aromatic rings. The van der Waals surface area contributed by atoms with Crippen LogP contribution >= 0.6 is 11.6 Å². The molecule has 0 radical (unpaired) electrons. The number of hydrogen-bond donors (Lipinski definition) is 1. The zero-order valence-corrected chi connectivity index (χ0v) is 20.6. The van der Waals surface area contributed by atoms with Crippen LogP contribution < -0.4 is 4.72 Å². The van der Waals surface area contributed by atoms with E-state index >= 15 is 0 Å². The Labute approximate surface area is 208 Å². The number of cyclic esters (lactones) is 1. The Hall–Kier alpha value is -3.55. The van der Waals surface area contributed by atoms with E-state index < -0.39 is 27.5 Å². The summed E-state index contributed by atoms with van der Waals surface area (Å²) in [6, 6.07) is 20.8. The van der Waals surface area contributed by atoms with E-state index in [4.69, 9.17) is 20.8 Å². The average molecular weight is 508 g/mol. The van der Waals surface area contributed by atoms with Gasteiger partial charge in [-0.2, -0.15) is 0 Å². The minimum absolute atomic E-state index is 0.122. The first-order valence-electron chi connectivity index (χ1n) is 10.9. The highest BCUT2D eigenvalue weighted by Gasteiger charge is 2.45. The summed E-state index contributed by atoms with van der Waals surface area (Å²) in [5.74, 6) is -0.865. The Morgan fingerprint density at radius 2 is 1.74 bits per heavy atom. The highest BCUT2D eigenvalue weighted by Crippen LogP contribution is 2.47. The van der Waals surface area contributed by atoms with Gasteiger partial charge in [0.05, 0.1) is 16.5 Å². The van der Waals surface area contributed by atoms with Gasteiger partial charge in [0, 0.05) is 16.5 Å². The van der Waals surface area contributed by atoms with E-state index in [0.29, 0.717) is 27.3 Å². The molecule has 1 aliphatic rings. The van der Waals surface area contributed by atoms with Crippen molar-refractivity contribution in [1.82, 2.24) is 0 Å². The number of esters is 1. The Morgan fingerprint density at radius 3 is 2.43 bits per heavy atom. The van der Waals surface area contributed by atoms with Crippen LogP contribution in [0, 0.1) is 6.92 Å². The number of benzene rings is 3. The number of ether oxygens (including phenoxy) is 1. The Kier molecular flexibility index (Phi) is 5.69. The molecule has 35 heavy (non-hydrogen) atoms. The molecule has 1 aliphatic heterocycles. The van der Waals surface area contributed by atoms with Crippen molar-refractivity contribution < 1.29 is 22.4 Å². The van der Waals surface area contributed by atoms with Gasteiger partial charge in [0.25, 0.3) is 10.0 Å². The summed E-state index contributed by atoms with van der Waals surface area (Å²) < 4.78 is 41.5. The molecule has 5 rings (SSSR count). The van der Waals surface area contributed by atoms with E-state index in [1.807, 2.05) is 13.0 Å². The number of aryl methyl sites for hydroxylation is 1. The average Bonchev–Trinajstić information content (AvgIpc) is 3.34. The lowest BCUT2D eigenvalue weighted by molar-refractivity contribution is -0.145. The molecule has 2 heterocycles. The normalized spacial score (nSPS) is 18.5. The van der Waals surface area contributed by atoms with Crippen LogP contribution in [0.3, 0.4) is 0 Å². The van der Waals surface area contributed by atoms with Gasteiger partial charge < -0.3 is 9.15 Å². The Balaban J connectivity index is 1.73. The van der Waals surface area contributed by atoms with Gasteiger partial charge in [-0.3, -0.25) is 4.72 Å². The van der Waals surface area contributed by atoms with Gasteiger partial charge in [-0.1, -0.05) is 53.6 Å². The molecule has 6 nitrogen and oxygen atoms in total. The lowest BCUT2D eigenvalue weighted by Crippen LogP contribution is -2.33. The van der Waals surface area contributed by atoms with Gasteiger partial charge in [-0.05, 0) is 61.9 Å². The second-order valence-corrected chi connectivity index (χ2v) is 10.8. The number of fused-ring (bicyclic) bond motifs is 1. The molecule has 178 valence electrons. The van der Waals surface area contributed by atoms with Crippen LogP contribution in [0.4, 0.5) is 5.69 Å². The predicted molar refractivity (Wildman–Crippen MR) is 135 cm³/mol. The highest BCUT2D eigenvalue weighted by molar-refractivity contribution is 7.92. The van der Waals surface area contributed by atoms with Crippen molar-refractivity contribution in [3.8, 4) is 0 Å². The third-order valence-corrected chi connectivity index (χ3v) is 7.68. The first-order valence-corrected chi connectivity index (χ1v) is 12.8. The summed E-state index contributed by atoms with van der Waals surface area (Å²) in [4.78, 5) is 12.2. The highest BCUT2D eigenvalue weighted by atomic mass is 35.5. The monoisotopic (exact) mass is 507 g/mol. The number of para-hydroxylation sites is 1. The van der Waals surface area contributed by atoms with Gasteiger partial charge in [0.1, 0.15) is 16.9 Å². The van der Waals surface area contributed by atoms with Gasteiger partial charge >= 0.3 is 5.97 Å². The summed E-state index contributed by atoms with van der Waals surface area (Å²) >= 11 is 6.31. The second kappa shape index (κ2) is 8.59. The molecule has 0 saturated carbocycles. The molecular formula is C27H22ClNO5S. The first kappa shape index (κ1) is 23.2. The summed E-state index contributed by atoms with van der Waals surface area (Å²) in [6.45, 7) is 3.64. The SMILES string of the molecule is Cc1ccc(S(=O)(=O)Nc2c([C@H](c3cccc(Cl)c3)[C@]3(C)C=CC(=O)O3)oc3ccccc23)cc1. The largest absolute Gasteiger partial charge is 0.458 e. The summed E-state index contributed by atoms with van der Waals surface area (Å²) in [5.41, 5.74) is 1.29. The molecule has 0 amide bonds. The van der Waals surface area contributed by atoms with Crippen molar-refractivity contribution >= 4 is 44.3 Å². The zero-order chi connectivity index (χ0) is 24.8. The fraction of sp³-hybridized carbons (Fsp3) is 0.148. The maximum Gasteiger partial charge on any atom is 0.331 e. The molecule has 0 bridgehead atoms. The van der Waals surface area contributed by atoms with Crippen molar-refractivity contribution in [1.29, 1.82) is 0 Å². The van der Waals surface area contributed by atoms with Gasteiger partial charge in [0.15, 0.2) is 0 Å². The van der Waals surface area contributed by atoms with Crippen molar-refractivity contribution in [2.45, 2.75) is 30.3 Å². The zero-order valence-electron chi connectivity index (χ0n) is 19.0. The molecule has 0 saturated heterocycles. The quantitative estimate of drug-likeness (QED) is 0.314. The molecule has 0 spiro atoms. The lowest BCUT2D eigenvalue weighted by Gasteiger charge is -2.31. The molecule has 2 atom stereocenters. The number of sulfonamides is 1. The van der Waals surface area contributed by atoms with Crippen molar-refractivity contribution in [2.24, 2.45) is 0 Å². The fourth-order valence-electron chi connectivity index (χ4n) is 4.39. The molecule has 0 aliphatic carbocycles. The van der Waals surface area contributed by atoms with Crippen LogP contribution in [0.2, 0.25) is 5.02 Å². The van der Waals surface area contributed by atoms with E-state index in [1.54, 1.807) is 79.7 Å². The van der Waals surface area contributed by atoms with E-state index in [1.165, 1.54) is 6.08 Å². The Morgan fingerprint density at radius 1 is 1.00 bits per heavy atom. The van der Waals surface area contributed by atoms with Crippen LogP contribution in [0.15, 0.2) is 94.3 Å². The number of halogens is 1. The smallest absolute Gasteiger partial charge is 0.331 e. The van der Waals surface area contributed by atoms with E-state index in [-0.39, 0.29) is 10.6 Å². The maximum absolute atomic E-state index is 13.4. The van der Waals surface area contributed by atoms with Gasteiger partial charge in [-0.25, -0.2) is 13.2 Å². The molecule has 1 aromatic heterocycles. The second-order valence-electron chi connectivity index (χ2n) is 8.68. The van der Waals surface area contributed by atoms with Crippen LogP contribution in [0.25, 0.3) is 11.0 Å². The number of carbonyl (C=O) groups is 1. The number of rotatable bonds is 6. The number of nitrogens with one attached hydrogen (secondary N) is 1. The molecule has 1 N–H and O–H groups in total. The standard InChI is InChI=1S/C27H22ClNO5S/c1-17-10-12-20(13-11-17)35(31,32)29-25-21-8-3-4-9-22(21)33-26(25)24(18-6-5-7-19(28)16-18)27(2)15-14-23(30)34-27/h3-16,24,29H,1-2H3/t24-,27-/m0/s1. The number of hydrogen-bond acceptors (Lipinski definition) is 5. The summed E-state index contributed by atoms with van der Waals surface area (Å²) in [5, 5.41) is 1.07. The summed E-state index contributed by atoms with van der Waals surface area (Å²) in [6.07, 6.45) is 3.02.